The van der Waals surface area contributed by atoms with Crippen molar-refractivity contribution < 1.29 is 24.1 Å². The van der Waals surface area contributed by atoms with Gasteiger partial charge in [0.25, 0.3) is 5.91 Å². The smallest absolute Gasteiger partial charge is 0.259 e. The van der Waals surface area contributed by atoms with E-state index in [9.17, 15) is 9.90 Å². The van der Waals surface area contributed by atoms with Gasteiger partial charge in [-0.3, -0.25) is 4.79 Å². The average Bonchev–Trinajstić information content (AvgIpc) is 2.66. The molecule has 0 radical (unpaired) electrons. The number of methoxy groups -OCH3 is 3. The number of aliphatic hydroxyl groups is 1. The van der Waals surface area contributed by atoms with Gasteiger partial charge in [-0.15, -0.1) is 0 Å². The van der Waals surface area contributed by atoms with Crippen molar-refractivity contribution in [3.8, 4) is 17.2 Å². The summed E-state index contributed by atoms with van der Waals surface area (Å²) in [5.41, 5.74) is 2.11. The first-order valence-corrected chi connectivity index (χ1v) is 7.96. The molecule has 2 aromatic carbocycles. The van der Waals surface area contributed by atoms with E-state index in [4.69, 9.17) is 14.2 Å². The van der Waals surface area contributed by atoms with E-state index in [2.05, 4.69) is 0 Å². The molecule has 0 saturated carbocycles. The van der Waals surface area contributed by atoms with Gasteiger partial charge in [0.1, 0.15) is 5.75 Å². The molecule has 1 unspecified atom stereocenters. The normalized spacial score (nSPS) is 16.4. The zero-order valence-electron chi connectivity index (χ0n) is 14.5. The van der Waals surface area contributed by atoms with E-state index in [1.165, 1.54) is 7.11 Å². The Hall–Kier alpha value is -2.73. The van der Waals surface area contributed by atoms with Crippen LogP contribution in [0.4, 0.5) is 5.69 Å². The number of carbonyl (C=O) groups excluding carboxylic acids is 1. The van der Waals surface area contributed by atoms with Crippen LogP contribution in [-0.2, 0) is 6.42 Å². The predicted octanol–water partition coefficient (Wildman–Crippen LogP) is 2.28. The van der Waals surface area contributed by atoms with E-state index in [0.717, 1.165) is 5.56 Å². The first kappa shape index (κ1) is 17.1. The summed E-state index contributed by atoms with van der Waals surface area (Å²) in [7, 11) is 4.69. The number of anilines is 1. The van der Waals surface area contributed by atoms with Crippen LogP contribution in [0.5, 0.6) is 17.2 Å². The van der Waals surface area contributed by atoms with Crippen LogP contribution in [0.1, 0.15) is 15.9 Å². The molecule has 6 nitrogen and oxygen atoms in total. The van der Waals surface area contributed by atoms with Gasteiger partial charge >= 0.3 is 0 Å². The van der Waals surface area contributed by atoms with Gasteiger partial charge in [0.2, 0.25) is 0 Å². The van der Waals surface area contributed by atoms with Crippen molar-refractivity contribution in [2.45, 2.75) is 12.5 Å². The fourth-order valence-corrected chi connectivity index (χ4v) is 3.15. The lowest BCUT2D eigenvalue weighted by molar-refractivity contribution is 0.0951. The third kappa shape index (κ3) is 3.00. The second kappa shape index (κ2) is 7.03. The first-order chi connectivity index (χ1) is 12.1. The standard InChI is InChI=1S/C19H21NO5/c1-23-15-6-4-13(5-7-15)20-14(11-21)8-12-9-17(24-2)18(25-3)10-16(12)19(20)22/h4-7,9-10,14,21H,8,11H2,1-3H3. The molecule has 3 rings (SSSR count). The lowest BCUT2D eigenvalue weighted by Gasteiger charge is -2.36. The second-order valence-electron chi connectivity index (χ2n) is 5.78. The van der Waals surface area contributed by atoms with Gasteiger partial charge in [-0.05, 0) is 48.4 Å². The van der Waals surface area contributed by atoms with Crippen LogP contribution >= 0.6 is 0 Å². The zero-order chi connectivity index (χ0) is 18.0. The van der Waals surface area contributed by atoms with E-state index in [1.54, 1.807) is 43.4 Å². The summed E-state index contributed by atoms with van der Waals surface area (Å²) >= 11 is 0. The van der Waals surface area contributed by atoms with Crippen molar-refractivity contribution in [3.05, 3.63) is 47.5 Å². The molecule has 0 fully saturated rings. The molecular weight excluding hydrogens is 322 g/mol. The van der Waals surface area contributed by atoms with E-state index >= 15 is 0 Å². The molecule has 1 amide bonds. The quantitative estimate of drug-likeness (QED) is 0.902. The van der Waals surface area contributed by atoms with Gasteiger partial charge in [0.15, 0.2) is 11.5 Å². The molecule has 1 heterocycles. The van der Waals surface area contributed by atoms with Crippen LogP contribution in [0.15, 0.2) is 36.4 Å². The summed E-state index contributed by atoms with van der Waals surface area (Å²) in [6.45, 7) is -0.133. The number of nitrogens with zero attached hydrogens (tertiary/aromatic N) is 1. The number of amides is 1. The maximum atomic E-state index is 13.1. The molecule has 1 aliphatic heterocycles. The Bertz CT molecular complexity index is 772. The maximum absolute atomic E-state index is 13.1. The van der Waals surface area contributed by atoms with Crippen molar-refractivity contribution >= 4 is 11.6 Å². The summed E-state index contributed by atoms with van der Waals surface area (Å²) in [6.07, 6.45) is 0.532. The van der Waals surface area contributed by atoms with E-state index in [0.29, 0.717) is 34.9 Å². The number of fused-ring (bicyclic) bond motifs is 1. The highest BCUT2D eigenvalue weighted by atomic mass is 16.5. The fraction of sp³-hybridized carbons (Fsp3) is 0.316. The van der Waals surface area contributed by atoms with Gasteiger partial charge in [0, 0.05) is 11.3 Å². The van der Waals surface area contributed by atoms with Crippen LogP contribution in [0.3, 0.4) is 0 Å². The molecule has 1 N–H and O–H groups in total. The molecule has 0 spiro atoms. The largest absolute Gasteiger partial charge is 0.497 e. The van der Waals surface area contributed by atoms with Crippen LogP contribution in [0.25, 0.3) is 0 Å². The fourth-order valence-electron chi connectivity index (χ4n) is 3.15. The number of carbonyl (C=O) groups is 1. The van der Waals surface area contributed by atoms with Crippen molar-refractivity contribution in [1.82, 2.24) is 0 Å². The number of aliphatic hydroxyl groups excluding tert-OH is 1. The molecule has 2 aromatic rings. The van der Waals surface area contributed by atoms with Gasteiger partial charge < -0.3 is 24.2 Å². The molecule has 1 atom stereocenters. The molecule has 0 saturated heterocycles. The summed E-state index contributed by atoms with van der Waals surface area (Å²) in [5, 5.41) is 9.82. The van der Waals surface area contributed by atoms with Gasteiger partial charge in [-0.1, -0.05) is 0 Å². The van der Waals surface area contributed by atoms with Crippen LogP contribution in [0, 0.1) is 0 Å². The Kier molecular flexibility index (Phi) is 4.81. The minimum Gasteiger partial charge on any atom is -0.497 e. The number of hydrogen-bond donors (Lipinski definition) is 1. The molecular formula is C19H21NO5. The van der Waals surface area contributed by atoms with Crippen LogP contribution in [-0.4, -0.2) is 45.0 Å². The third-order valence-electron chi connectivity index (χ3n) is 4.44. The van der Waals surface area contributed by atoms with Gasteiger partial charge in [0.05, 0.1) is 34.0 Å². The first-order valence-electron chi connectivity index (χ1n) is 7.96. The molecule has 25 heavy (non-hydrogen) atoms. The van der Waals surface area contributed by atoms with Gasteiger partial charge in [-0.2, -0.15) is 0 Å². The molecule has 132 valence electrons. The van der Waals surface area contributed by atoms with Crippen LogP contribution in [0.2, 0.25) is 0 Å². The third-order valence-corrected chi connectivity index (χ3v) is 4.44. The topological polar surface area (TPSA) is 68.2 Å². The predicted molar refractivity (Wildman–Crippen MR) is 93.9 cm³/mol. The van der Waals surface area contributed by atoms with Crippen molar-refractivity contribution in [1.29, 1.82) is 0 Å². The molecule has 6 heteroatoms. The minimum atomic E-state index is -0.341. The van der Waals surface area contributed by atoms with Crippen molar-refractivity contribution in [2.24, 2.45) is 0 Å². The number of ether oxygens (including phenoxy) is 3. The second-order valence-corrected chi connectivity index (χ2v) is 5.78. The average molecular weight is 343 g/mol. The SMILES string of the molecule is COc1ccc(N2C(=O)c3cc(OC)c(OC)cc3CC2CO)cc1. The number of hydrogen-bond acceptors (Lipinski definition) is 5. The molecule has 1 aliphatic rings. The highest BCUT2D eigenvalue weighted by Crippen LogP contribution is 2.36. The van der Waals surface area contributed by atoms with E-state index in [-0.39, 0.29) is 18.6 Å². The monoisotopic (exact) mass is 343 g/mol. The minimum absolute atomic E-state index is 0.133. The summed E-state index contributed by atoms with van der Waals surface area (Å²) in [4.78, 5) is 14.7. The van der Waals surface area contributed by atoms with Gasteiger partial charge in [-0.25, -0.2) is 0 Å². The summed E-state index contributed by atoms with van der Waals surface area (Å²) < 4.78 is 15.8. The Morgan fingerprint density at radius 2 is 1.68 bits per heavy atom. The van der Waals surface area contributed by atoms with E-state index < -0.39 is 0 Å². The Labute approximate surface area is 146 Å². The highest BCUT2D eigenvalue weighted by Gasteiger charge is 2.34. The Balaban J connectivity index is 2.05. The lowest BCUT2D eigenvalue weighted by atomic mass is 9.92. The molecule has 0 bridgehead atoms. The van der Waals surface area contributed by atoms with E-state index in [1.807, 2.05) is 12.1 Å². The van der Waals surface area contributed by atoms with Crippen molar-refractivity contribution in [3.63, 3.8) is 0 Å². The Morgan fingerprint density at radius 1 is 1.04 bits per heavy atom. The summed E-state index contributed by atoms with van der Waals surface area (Å²) in [6, 6.07) is 10.4. The lowest BCUT2D eigenvalue weighted by Crippen LogP contribution is -2.48. The number of rotatable bonds is 5. The van der Waals surface area contributed by atoms with Crippen molar-refractivity contribution in [2.75, 3.05) is 32.8 Å². The maximum Gasteiger partial charge on any atom is 0.259 e. The summed E-state index contributed by atoms with van der Waals surface area (Å²) in [5.74, 6) is 1.61. The molecule has 0 aromatic heterocycles. The zero-order valence-corrected chi connectivity index (χ0v) is 14.5. The number of benzene rings is 2. The van der Waals surface area contributed by atoms with Crippen LogP contribution < -0.4 is 19.1 Å². The molecule has 0 aliphatic carbocycles. The Morgan fingerprint density at radius 3 is 2.24 bits per heavy atom. The highest BCUT2D eigenvalue weighted by molar-refractivity contribution is 6.09.